The van der Waals surface area contributed by atoms with E-state index in [0.717, 1.165) is 13.0 Å². The predicted molar refractivity (Wildman–Crippen MR) is 75.1 cm³/mol. The van der Waals surface area contributed by atoms with Crippen LogP contribution in [0, 0.1) is 11.8 Å². The van der Waals surface area contributed by atoms with Gasteiger partial charge in [-0.2, -0.15) is 0 Å². The van der Waals surface area contributed by atoms with Crippen molar-refractivity contribution in [2.45, 2.75) is 26.3 Å². The maximum absolute atomic E-state index is 12.2. The van der Waals surface area contributed by atoms with Gasteiger partial charge in [-0.1, -0.05) is 6.92 Å². The number of hydrogen-bond donors (Lipinski definition) is 2. The Balaban J connectivity index is 1.81. The molecule has 0 aromatic heterocycles. The van der Waals surface area contributed by atoms with Gasteiger partial charge in [0.2, 0.25) is 11.8 Å². The van der Waals surface area contributed by atoms with Crippen LogP contribution in [-0.4, -0.2) is 62.1 Å². The van der Waals surface area contributed by atoms with Gasteiger partial charge in [0.05, 0.1) is 19.1 Å². The number of nitrogens with zero attached hydrogens (tertiary/aromatic N) is 1. The van der Waals surface area contributed by atoms with Crippen molar-refractivity contribution in [2.75, 3.05) is 39.4 Å². The Labute approximate surface area is 120 Å². The third kappa shape index (κ3) is 3.93. The summed E-state index contributed by atoms with van der Waals surface area (Å²) in [5, 5.41) is 6.11. The molecule has 20 heavy (non-hydrogen) atoms. The monoisotopic (exact) mass is 283 g/mol. The third-order valence-electron chi connectivity index (χ3n) is 3.99. The molecule has 0 spiro atoms. The lowest BCUT2D eigenvalue weighted by molar-refractivity contribution is -0.140. The Kier molecular flexibility index (Phi) is 5.37. The summed E-state index contributed by atoms with van der Waals surface area (Å²) in [6.07, 6.45) is 0.886. The van der Waals surface area contributed by atoms with Crippen LogP contribution in [0.5, 0.6) is 0 Å². The van der Waals surface area contributed by atoms with E-state index in [-0.39, 0.29) is 17.7 Å². The van der Waals surface area contributed by atoms with Gasteiger partial charge in [-0.3, -0.25) is 9.59 Å². The summed E-state index contributed by atoms with van der Waals surface area (Å²) >= 11 is 0. The Morgan fingerprint density at radius 3 is 2.65 bits per heavy atom. The highest BCUT2D eigenvalue weighted by Crippen LogP contribution is 2.16. The predicted octanol–water partition coefficient (Wildman–Crippen LogP) is -0.404. The van der Waals surface area contributed by atoms with Gasteiger partial charge in [0, 0.05) is 19.6 Å². The van der Waals surface area contributed by atoms with Crippen molar-refractivity contribution >= 4 is 11.8 Å². The van der Waals surface area contributed by atoms with Crippen LogP contribution in [0.3, 0.4) is 0 Å². The highest BCUT2D eigenvalue weighted by molar-refractivity contribution is 5.88. The van der Waals surface area contributed by atoms with E-state index in [4.69, 9.17) is 4.74 Å². The molecule has 0 aromatic carbocycles. The number of rotatable bonds is 3. The van der Waals surface area contributed by atoms with Gasteiger partial charge in [0.15, 0.2) is 0 Å². The summed E-state index contributed by atoms with van der Waals surface area (Å²) in [5.41, 5.74) is 0. The quantitative estimate of drug-likeness (QED) is 0.739. The molecule has 2 rings (SSSR count). The number of hydrogen-bond acceptors (Lipinski definition) is 4. The van der Waals surface area contributed by atoms with Gasteiger partial charge in [-0.25, -0.2) is 0 Å². The largest absolute Gasteiger partial charge is 0.378 e. The molecule has 0 aromatic rings. The second-order valence-electron chi connectivity index (χ2n) is 5.86. The maximum Gasteiger partial charge on any atom is 0.245 e. The second-order valence-corrected chi connectivity index (χ2v) is 5.86. The van der Waals surface area contributed by atoms with Crippen molar-refractivity contribution < 1.29 is 14.3 Å². The maximum atomic E-state index is 12.2. The Hall–Kier alpha value is -1.14. The minimum absolute atomic E-state index is 0.0153. The van der Waals surface area contributed by atoms with E-state index in [1.807, 2.05) is 0 Å². The minimum atomic E-state index is -0.460. The summed E-state index contributed by atoms with van der Waals surface area (Å²) in [4.78, 5) is 26.2. The third-order valence-corrected chi connectivity index (χ3v) is 3.99. The van der Waals surface area contributed by atoms with Crippen LogP contribution in [-0.2, 0) is 14.3 Å². The molecule has 0 radical (unpaired) electrons. The number of piperidine rings is 1. The molecule has 114 valence electrons. The second kappa shape index (κ2) is 7.04. The number of carbonyl (C=O) groups excluding carboxylic acids is 2. The van der Waals surface area contributed by atoms with E-state index < -0.39 is 6.04 Å². The molecule has 2 aliphatic heterocycles. The summed E-state index contributed by atoms with van der Waals surface area (Å²) in [6, 6.07) is -0.460. The molecule has 3 unspecified atom stereocenters. The van der Waals surface area contributed by atoms with Crippen molar-refractivity contribution in [3.8, 4) is 0 Å². The van der Waals surface area contributed by atoms with Gasteiger partial charge in [0.25, 0.3) is 0 Å². The molecule has 2 heterocycles. The van der Waals surface area contributed by atoms with Crippen LogP contribution in [0.25, 0.3) is 0 Å². The van der Waals surface area contributed by atoms with Crippen LogP contribution in [0.15, 0.2) is 0 Å². The zero-order valence-corrected chi connectivity index (χ0v) is 12.4. The summed E-state index contributed by atoms with van der Waals surface area (Å²) in [6.45, 7) is 7.94. The van der Waals surface area contributed by atoms with E-state index in [9.17, 15) is 9.59 Å². The van der Waals surface area contributed by atoms with Gasteiger partial charge < -0.3 is 20.3 Å². The molecule has 6 nitrogen and oxygen atoms in total. The molecule has 2 amide bonds. The summed E-state index contributed by atoms with van der Waals surface area (Å²) in [5.74, 6) is 0.445. The minimum Gasteiger partial charge on any atom is -0.378 e. The molecule has 0 saturated carbocycles. The van der Waals surface area contributed by atoms with E-state index >= 15 is 0 Å². The van der Waals surface area contributed by atoms with Gasteiger partial charge in [0.1, 0.15) is 6.04 Å². The van der Waals surface area contributed by atoms with Crippen molar-refractivity contribution in [1.29, 1.82) is 0 Å². The Morgan fingerprint density at radius 2 is 2.00 bits per heavy atom. The van der Waals surface area contributed by atoms with Gasteiger partial charge >= 0.3 is 0 Å². The van der Waals surface area contributed by atoms with E-state index in [2.05, 4.69) is 17.6 Å². The van der Waals surface area contributed by atoms with E-state index in [1.54, 1.807) is 11.8 Å². The highest BCUT2D eigenvalue weighted by Gasteiger charge is 2.29. The van der Waals surface area contributed by atoms with E-state index in [0.29, 0.717) is 38.8 Å². The van der Waals surface area contributed by atoms with Gasteiger partial charge in [-0.15, -0.1) is 0 Å². The normalized spacial score (nSPS) is 28.8. The molecule has 0 bridgehead atoms. The van der Waals surface area contributed by atoms with Crippen molar-refractivity contribution in [3.63, 3.8) is 0 Å². The lowest BCUT2D eigenvalue weighted by Crippen LogP contribution is -2.53. The Bertz CT molecular complexity index is 356. The average Bonchev–Trinajstić information content (AvgIpc) is 2.47. The smallest absolute Gasteiger partial charge is 0.245 e. The molecule has 0 aliphatic carbocycles. The zero-order chi connectivity index (χ0) is 14.5. The Morgan fingerprint density at radius 1 is 1.30 bits per heavy atom. The van der Waals surface area contributed by atoms with Crippen LogP contribution < -0.4 is 10.6 Å². The highest BCUT2D eigenvalue weighted by atomic mass is 16.5. The molecule has 2 aliphatic rings. The van der Waals surface area contributed by atoms with Crippen LogP contribution in [0.2, 0.25) is 0 Å². The summed E-state index contributed by atoms with van der Waals surface area (Å²) < 4.78 is 5.23. The lowest BCUT2D eigenvalue weighted by Gasteiger charge is -2.31. The van der Waals surface area contributed by atoms with Crippen molar-refractivity contribution in [3.05, 3.63) is 0 Å². The number of ether oxygens (including phenoxy) is 1. The molecule has 3 atom stereocenters. The first kappa shape index (κ1) is 15.3. The lowest BCUT2D eigenvalue weighted by atomic mass is 9.91. The van der Waals surface area contributed by atoms with Gasteiger partial charge in [-0.05, 0) is 25.8 Å². The first-order valence-electron chi connectivity index (χ1n) is 7.45. The van der Waals surface area contributed by atoms with Crippen LogP contribution >= 0.6 is 0 Å². The topological polar surface area (TPSA) is 70.7 Å². The fourth-order valence-corrected chi connectivity index (χ4v) is 2.81. The van der Waals surface area contributed by atoms with Crippen molar-refractivity contribution in [2.24, 2.45) is 11.8 Å². The number of nitrogens with one attached hydrogen (secondary N) is 2. The zero-order valence-electron chi connectivity index (χ0n) is 12.4. The van der Waals surface area contributed by atoms with Crippen LogP contribution in [0.4, 0.5) is 0 Å². The van der Waals surface area contributed by atoms with Crippen LogP contribution in [0.1, 0.15) is 20.3 Å². The number of amides is 2. The molecule has 2 saturated heterocycles. The van der Waals surface area contributed by atoms with E-state index in [1.165, 1.54) is 0 Å². The molecule has 2 fully saturated rings. The SMILES string of the molecule is CC1CNCC(C(=O)NC(C)C(=O)N2CCOCC2)C1. The molecule has 6 heteroatoms. The molecular weight excluding hydrogens is 258 g/mol. The fourth-order valence-electron chi connectivity index (χ4n) is 2.81. The fraction of sp³-hybridized carbons (Fsp3) is 0.857. The molecule has 2 N–H and O–H groups in total. The first-order chi connectivity index (χ1) is 9.58. The average molecular weight is 283 g/mol. The number of morpholine rings is 1. The summed E-state index contributed by atoms with van der Waals surface area (Å²) in [7, 11) is 0. The van der Waals surface area contributed by atoms with Crippen molar-refractivity contribution in [1.82, 2.24) is 15.5 Å². The number of carbonyl (C=O) groups is 2. The molecular formula is C14H25N3O3. The standard InChI is InChI=1S/C14H25N3O3/c1-10-7-12(9-15-8-10)13(18)16-11(2)14(19)17-3-5-20-6-4-17/h10-12,15H,3-9H2,1-2H3,(H,16,18). The first-order valence-corrected chi connectivity index (χ1v) is 7.45.